The van der Waals surface area contributed by atoms with Crippen LogP contribution in [-0.2, 0) is 17.8 Å². The zero-order valence-corrected chi connectivity index (χ0v) is 15.2. The second kappa shape index (κ2) is 8.66. The first-order chi connectivity index (χ1) is 10.4. The van der Waals surface area contributed by atoms with Crippen LogP contribution in [0.5, 0.6) is 0 Å². The lowest BCUT2D eigenvalue weighted by Crippen LogP contribution is -2.35. The van der Waals surface area contributed by atoms with Crippen LogP contribution in [0, 0.1) is 25.7 Å². The van der Waals surface area contributed by atoms with E-state index in [-0.39, 0.29) is 30.3 Å². The Morgan fingerprint density at radius 1 is 1.43 bits per heavy atom. The summed E-state index contributed by atoms with van der Waals surface area (Å²) in [4.78, 5) is 12.2. The Balaban J connectivity index is 0.00000264. The number of hydrogen-bond acceptors (Lipinski definition) is 4. The molecule has 2 heterocycles. The SMILES string of the molecule is Cc1nn(CC(C)C)c(C)c1CC(=O)NCC1CNCC1O.Cl. The number of carbonyl (C=O) groups is 1. The largest absolute Gasteiger partial charge is 0.391 e. The molecule has 7 heteroatoms. The Bertz CT molecular complexity index is 530. The van der Waals surface area contributed by atoms with Gasteiger partial charge in [0.1, 0.15) is 0 Å². The van der Waals surface area contributed by atoms with E-state index in [1.807, 2.05) is 18.5 Å². The number of halogens is 1. The fourth-order valence-electron chi connectivity index (χ4n) is 2.91. The van der Waals surface area contributed by atoms with Gasteiger partial charge in [-0.1, -0.05) is 13.8 Å². The number of aryl methyl sites for hydroxylation is 1. The second-order valence-corrected chi connectivity index (χ2v) is 6.69. The number of nitrogens with one attached hydrogen (secondary N) is 2. The van der Waals surface area contributed by atoms with Crippen LogP contribution < -0.4 is 10.6 Å². The van der Waals surface area contributed by atoms with E-state index in [4.69, 9.17) is 0 Å². The Labute approximate surface area is 144 Å². The van der Waals surface area contributed by atoms with Gasteiger partial charge in [0.15, 0.2) is 0 Å². The predicted molar refractivity (Wildman–Crippen MR) is 92.9 cm³/mol. The zero-order chi connectivity index (χ0) is 16.3. The summed E-state index contributed by atoms with van der Waals surface area (Å²) in [5.74, 6) is 0.625. The molecule has 0 radical (unpaired) electrons. The van der Waals surface area contributed by atoms with Crippen molar-refractivity contribution in [3.05, 3.63) is 17.0 Å². The monoisotopic (exact) mass is 344 g/mol. The standard InChI is InChI=1S/C16H28N4O2.ClH/c1-10(2)9-20-12(4)14(11(3)19-20)5-16(22)18-7-13-6-17-8-15(13)21;/h10,13,15,17,21H,5-9H2,1-4H3,(H,18,22);1H. The van der Waals surface area contributed by atoms with Gasteiger partial charge in [0.25, 0.3) is 0 Å². The van der Waals surface area contributed by atoms with Crippen molar-refractivity contribution < 1.29 is 9.90 Å². The van der Waals surface area contributed by atoms with Gasteiger partial charge in [-0.15, -0.1) is 12.4 Å². The molecular formula is C16H29ClN4O2. The van der Waals surface area contributed by atoms with Crippen LogP contribution in [0.3, 0.4) is 0 Å². The van der Waals surface area contributed by atoms with Crippen molar-refractivity contribution in [2.24, 2.45) is 11.8 Å². The van der Waals surface area contributed by atoms with Crippen molar-refractivity contribution in [2.45, 2.75) is 46.8 Å². The third-order valence-corrected chi connectivity index (χ3v) is 4.27. The van der Waals surface area contributed by atoms with Crippen molar-refractivity contribution in [1.29, 1.82) is 0 Å². The average Bonchev–Trinajstić information content (AvgIpc) is 2.95. The highest BCUT2D eigenvalue weighted by Gasteiger charge is 2.25. The van der Waals surface area contributed by atoms with E-state index in [0.717, 1.165) is 30.0 Å². The average molecular weight is 345 g/mol. The molecule has 132 valence electrons. The lowest BCUT2D eigenvalue weighted by atomic mass is 10.1. The number of aromatic nitrogens is 2. The molecule has 0 bridgehead atoms. The van der Waals surface area contributed by atoms with Crippen molar-refractivity contribution >= 4 is 18.3 Å². The minimum atomic E-state index is -0.363. The molecular weight excluding hydrogens is 316 g/mol. The van der Waals surface area contributed by atoms with Gasteiger partial charge in [-0.25, -0.2) is 0 Å². The fraction of sp³-hybridized carbons (Fsp3) is 0.750. The number of β-amino-alcohol motifs (C(OH)–C–C–N with tert-alkyl or cyclic N) is 1. The van der Waals surface area contributed by atoms with Crippen LogP contribution in [0.4, 0.5) is 0 Å². The zero-order valence-electron chi connectivity index (χ0n) is 14.4. The maximum atomic E-state index is 12.2. The van der Waals surface area contributed by atoms with Gasteiger partial charge in [-0.2, -0.15) is 5.10 Å². The number of amides is 1. The Morgan fingerprint density at radius 3 is 2.70 bits per heavy atom. The lowest BCUT2D eigenvalue weighted by Gasteiger charge is -2.14. The number of aliphatic hydroxyl groups excluding tert-OH is 1. The van der Waals surface area contributed by atoms with Crippen LogP contribution >= 0.6 is 12.4 Å². The Morgan fingerprint density at radius 2 is 2.13 bits per heavy atom. The van der Waals surface area contributed by atoms with E-state index in [1.165, 1.54) is 0 Å². The molecule has 2 rings (SSSR count). The number of carbonyl (C=O) groups excluding carboxylic acids is 1. The molecule has 2 unspecified atom stereocenters. The molecule has 6 nitrogen and oxygen atoms in total. The molecule has 1 amide bonds. The van der Waals surface area contributed by atoms with Gasteiger partial charge in [-0.3, -0.25) is 9.48 Å². The molecule has 0 spiro atoms. The van der Waals surface area contributed by atoms with Gasteiger partial charge in [0, 0.05) is 43.4 Å². The lowest BCUT2D eigenvalue weighted by molar-refractivity contribution is -0.120. The third kappa shape index (κ3) is 5.19. The van der Waals surface area contributed by atoms with Crippen LogP contribution in [-0.4, -0.2) is 46.5 Å². The van der Waals surface area contributed by atoms with Gasteiger partial charge in [0.2, 0.25) is 5.91 Å². The molecule has 1 aromatic rings. The topological polar surface area (TPSA) is 79.2 Å². The molecule has 23 heavy (non-hydrogen) atoms. The van der Waals surface area contributed by atoms with Crippen LogP contribution in [0.25, 0.3) is 0 Å². The third-order valence-electron chi connectivity index (χ3n) is 4.27. The molecule has 0 aromatic carbocycles. The van der Waals surface area contributed by atoms with E-state index in [9.17, 15) is 9.90 Å². The quantitative estimate of drug-likeness (QED) is 0.713. The van der Waals surface area contributed by atoms with Gasteiger partial charge < -0.3 is 15.7 Å². The molecule has 0 aliphatic carbocycles. The molecule has 1 saturated heterocycles. The van der Waals surface area contributed by atoms with Crippen molar-refractivity contribution in [3.8, 4) is 0 Å². The summed E-state index contributed by atoms with van der Waals surface area (Å²) in [7, 11) is 0. The second-order valence-electron chi connectivity index (χ2n) is 6.69. The molecule has 1 fully saturated rings. The van der Waals surface area contributed by atoms with E-state index >= 15 is 0 Å². The molecule has 3 N–H and O–H groups in total. The first-order valence-corrected chi connectivity index (χ1v) is 8.06. The minimum Gasteiger partial charge on any atom is -0.391 e. The van der Waals surface area contributed by atoms with Gasteiger partial charge in [-0.05, 0) is 19.8 Å². The smallest absolute Gasteiger partial charge is 0.224 e. The van der Waals surface area contributed by atoms with Crippen LogP contribution in [0.15, 0.2) is 0 Å². The molecule has 1 aliphatic rings. The van der Waals surface area contributed by atoms with Crippen molar-refractivity contribution in [3.63, 3.8) is 0 Å². The van der Waals surface area contributed by atoms with Crippen molar-refractivity contribution in [1.82, 2.24) is 20.4 Å². The molecule has 0 saturated carbocycles. The Hall–Kier alpha value is -1.11. The van der Waals surface area contributed by atoms with Crippen LogP contribution in [0.1, 0.15) is 30.8 Å². The van der Waals surface area contributed by atoms with E-state index in [0.29, 0.717) is 25.4 Å². The summed E-state index contributed by atoms with van der Waals surface area (Å²) in [5, 5.41) is 20.3. The summed E-state index contributed by atoms with van der Waals surface area (Å²) >= 11 is 0. The number of hydrogen-bond donors (Lipinski definition) is 3. The maximum Gasteiger partial charge on any atom is 0.224 e. The van der Waals surface area contributed by atoms with E-state index in [2.05, 4.69) is 29.6 Å². The first-order valence-electron chi connectivity index (χ1n) is 8.06. The molecule has 1 aliphatic heterocycles. The molecule has 1 aromatic heterocycles. The normalized spacial score (nSPS) is 20.6. The highest BCUT2D eigenvalue weighted by molar-refractivity contribution is 5.85. The Kier molecular flexibility index (Phi) is 7.51. The van der Waals surface area contributed by atoms with Crippen molar-refractivity contribution in [2.75, 3.05) is 19.6 Å². The first kappa shape index (κ1) is 19.9. The molecule has 2 atom stereocenters. The number of aliphatic hydroxyl groups is 1. The summed E-state index contributed by atoms with van der Waals surface area (Å²) < 4.78 is 1.99. The van der Waals surface area contributed by atoms with Gasteiger partial charge in [0.05, 0.1) is 18.2 Å². The van der Waals surface area contributed by atoms with Gasteiger partial charge >= 0.3 is 0 Å². The maximum absolute atomic E-state index is 12.2. The minimum absolute atomic E-state index is 0. The van der Waals surface area contributed by atoms with E-state index < -0.39 is 0 Å². The highest BCUT2D eigenvalue weighted by atomic mass is 35.5. The summed E-state index contributed by atoms with van der Waals surface area (Å²) in [6, 6.07) is 0. The van der Waals surface area contributed by atoms with E-state index in [1.54, 1.807) is 0 Å². The predicted octanol–water partition coefficient (Wildman–Crippen LogP) is 0.817. The summed E-state index contributed by atoms with van der Waals surface area (Å²) in [5.41, 5.74) is 3.02. The number of rotatable bonds is 6. The highest BCUT2D eigenvalue weighted by Crippen LogP contribution is 2.15. The number of nitrogens with zero attached hydrogens (tertiary/aromatic N) is 2. The fourth-order valence-corrected chi connectivity index (χ4v) is 2.91. The van der Waals surface area contributed by atoms with Crippen LogP contribution in [0.2, 0.25) is 0 Å². The summed E-state index contributed by atoms with van der Waals surface area (Å²) in [6.07, 6.45) is -0.0102. The summed E-state index contributed by atoms with van der Waals surface area (Å²) in [6.45, 7) is 11.0.